The minimum Gasteiger partial charge on any atom is -0.508 e. The lowest BCUT2D eigenvalue weighted by molar-refractivity contribution is 0.456. The summed E-state index contributed by atoms with van der Waals surface area (Å²) in [5.74, 6) is 1.28. The Bertz CT molecular complexity index is 2020. The molecule has 0 aliphatic carbocycles. The van der Waals surface area contributed by atoms with Gasteiger partial charge in [0.2, 0.25) is 0 Å². The first-order valence-electron chi connectivity index (χ1n) is 17.4. The van der Waals surface area contributed by atoms with Crippen LogP contribution in [0.2, 0.25) is 0 Å². The second-order valence-corrected chi connectivity index (χ2v) is 14.6. The van der Waals surface area contributed by atoms with Gasteiger partial charge in [0.25, 0.3) is 0 Å². The Hall–Kier alpha value is -4.90. The Morgan fingerprint density at radius 1 is 0.320 bits per heavy atom. The van der Waals surface area contributed by atoms with Crippen LogP contribution in [0, 0.1) is 76.2 Å². The van der Waals surface area contributed by atoms with E-state index >= 15 is 0 Å². The van der Waals surface area contributed by atoms with Crippen molar-refractivity contribution in [1.29, 1.82) is 0 Å². The third-order valence-corrected chi connectivity index (χ3v) is 11.3. The van der Waals surface area contributed by atoms with Gasteiger partial charge < -0.3 is 25.5 Å². The summed E-state index contributed by atoms with van der Waals surface area (Å²) < 4.78 is 0. The quantitative estimate of drug-likeness (QED) is 0.113. The van der Waals surface area contributed by atoms with Crippen LogP contribution < -0.4 is 0 Å². The topological polar surface area (TPSA) is 101 Å². The van der Waals surface area contributed by atoms with E-state index < -0.39 is 0 Å². The van der Waals surface area contributed by atoms with Crippen LogP contribution in [0.1, 0.15) is 106 Å². The third kappa shape index (κ3) is 6.66. The van der Waals surface area contributed by atoms with Crippen molar-refractivity contribution in [3.8, 4) is 28.7 Å². The average molecular weight is 673 g/mol. The second kappa shape index (κ2) is 13.8. The molecule has 0 atom stereocenters. The SMILES string of the molecule is Cc1cc(Cc2c(C)cc(O)c(C)c2C)c(O)c(Cc2c(C)c(C)c(O)c(Cc3cc(C)cc(Cc4c(C)cc(O)c(C)c4C)c3O)c2C)c1. The number of aryl methyl sites for hydroxylation is 4. The van der Waals surface area contributed by atoms with E-state index in [1.165, 1.54) is 0 Å². The summed E-state index contributed by atoms with van der Waals surface area (Å²) in [6.07, 6.45) is 1.92. The van der Waals surface area contributed by atoms with Gasteiger partial charge in [-0.25, -0.2) is 0 Å². The molecule has 5 aromatic carbocycles. The molecule has 5 N–H and O–H groups in total. The van der Waals surface area contributed by atoms with Crippen LogP contribution in [0.15, 0.2) is 36.4 Å². The molecule has 0 aromatic heterocycles. The third-order valence-electron chi connectivity index (χ3n) is 11.3. The van der Waals surface area contributed by atoms with Gasteiger partial charge in [0, 0.05) is 31.2 Å². The maximum absolute atomic E-state index is 11.7. The molecule has 0 spiro atoms. The van der Waals surface area contributed by atoms with Gasteiger partial charge in [-0.1, -0.05) is 35.4 Å². The van der Waals surface area contributed by atoms with Crippen molar-refractivity contribution >= 4 is 0 Å². The first kappa shape index (κ1) is 36.4. The maximum atomic E-state index is 11.7. The normalized spacial score (nSPS) is 11.4. The van der Waals surface area contributed by atoms with Gasteiger partial charge in [-0.15, -0.1) is 0 Å². The lowest BCUT2D eigenvalue weighted by atomic mass is 9.84. The summed E-state index contributed by atoms with van der Waals surface area (Å²) in [7, 11) is 0. The fraction of sp³-hybridized carbons (Fsp3) is 0.333. The highest BCUT2D eigenvalue weighted by molar-refractivity contribution is 5.60. The van der Waals surface area contributed by atoms with Crippen LogP contribution >= 0.6 is 0 Å². The van der Waals surface area contributed by atoms with Crippen molar-refractivity contribution in [1.82, 2.24) is 0 Å². The molecule has 0 saturated heterocycles. The highest BCUT2D eigenvalue weighted by atomic mass is 16.3. The van der Waals surface area contributed by atoms with Crippen molar-refractivity contribution in [2.75, 3.05) is 0 Å². The Balaban J connectivity index is 1.54. The molecule has 0 saturated carbocycles. The van der Waals surface area contributed by atoms with Crippen LogP contribution in [-0.2, 0) is 25.7 Å². The van der Waals surface area contributed by atoms with Gasteiger partial charge in [0.15, 0.2) is 0 Å². The molecule has 0 fully saturated rings. The molecule has 0 aliphatic rings. The molecule has 0 bridgehead atoms. The molecule has 262 valence electrons. The summed E-state index contributed by atoms with van der Waals surface area (Å²) in [4.78, 5) is 0. The Morgan fingerprint density at radius 3 is 1.02 bits per heavy atom. The maximum Gasteiger partial charge on any atom is 0.122 e. The van der Waals surface area contributed by atoms with Crippen molar-refractivity contribution in [2.45, 2.75) is 102 Å². The van der Waals surface area contributed by atoms with Crippen molar-refractivity contribution in [3.05, 3.63) is 142 Å². The van der Waals surface area contributed by atoms with Gasteiger partial charge in [0.05, 0.1) is 0 Å². The van der Waals surface area contributed by atoms with E-state index in [9.17, 15) is 25.5 Å². The van der Waals surface area contributed by atoms with Crippen molar-refractivity contribution in [3.63, 3.8) is 0 Å². The number of phenols is 5. The zero-order valence-electron chi connectivity index (χ0n) is 31.5. The number of benzene rings is 5. The predicted octanol–water partition coefficient (Wildman–Crippen LogP) is 9.97. The minimum atomic E-state index is 0.217. The largest absolute Gasteiger partial charge is 0.508 e. The number of hydrogen-bond donors (Lipinski definition) is 5. The van der Waals surface area contributed by atoms with Crippen molar-refractivity contribution < 1.29 is 25.5 Å². The highest BCUT2D eigenvalue weighted by Crippen LogP contribution is 2.40. The highest BCUT2D eigenvalue weighted by Gasteiger charge is 2.22. The van der Waals surface area contributed by atoms with Crippen LogP contribution in [0.3, 0.4) is 0 Å². The summed E-state index contributed by atoms with van der Waals surface area (Å²) >= 11 is 0. The van der Waals surface area contributed by atoms with Gasteiger partial charge in [-0.2, -0.15) is 0 Å². The summed E-state index contributed by atoms with van der Waals surface area (Å²) in [6.45, 7) is 21.9. The fourth-order valence-electron chi connectivity index (χ4n) is 7.70. The zero-order chi connectivity index (χ0) is 36.9. The van der Waals surface area contributed by atoms with E-state index in [2.05, 4.69) is 0 Å². The Morgan fingerprint density at radius 2 is 0.640 bits per heavy atom. The van der Waals surface area contributed by atoms with Crippen LogP contribution in [0.5, 0.6) is 28.7 Å². The van der Waals surface area contributed by atoms with E-state index in [0.29, 0.717) is 25.7 Å². The first-order chi connectivity index (χ1) is 23.4. The molecule has 0 heterocycles. The molecule has 5 aromatic rings. The zero-order valence-corrected chi connectivity index (χ0v) is 31.5. The monoisotopic (exact) mass is 672 g/mol. The number of hydrogen-bond acceptors (Lipinski definition) is 5. The van der Waals surface area contributed by atoms with Crippen LogP contribution in [-0.4, -0.2) is 25.5 Å². The summed E-state index contributed by atoms with van der Waals surface area (Å²) in [5, 5.41) is 55.6. The average Bonchev–Trinajstić information content (AvgIpc) is 3.05. The Kier molecular flexibility index (Phi) is 10.0. The van der Waals surface area contributed by atoms with E-state index in [0.717, 1.165) is 106 Å². The standard InChI is InChI=1S/C45H52O5/c1-22-12-33(18-37-24(3)16-41(46)29(8)26(37)5)44(49)35(14-22)20-39-28(7)31(10)43(48)40(32(39)11)21-36-15-23(2)13-34(45(36)50)19-38-25(4)17-42(47)30(9)27(38)6/h12-17,46-50H,18-21H2,1-11H3. The number of rotatable bonds is 8. The molecule has 5 nitrogen and oxygen atoms in total. The molecule has 50 heavy (non-hydrogen) atoms. The van der Waals surface area contributed by atoms with E-state index in [1.807, 2.05) is 100 Å². The van der Waals surface area contributed by atoms with Gasteiger partial charge in [-0.3, -0.25) is 0 Å². The predicted molar refractivity (Wildman–Crippen MR) is 204 cm³/mol. The molecule has 5 rings (SSSR count). The van der Waals surface area contributed by atoms with E-state index in [-0.39, 0.29) is 28.7 Å². The smallest absolute Gasteiger partial charge is 0.122 e. The fourth-order valence-corrected chi connectivity index (χ4v) is 7.70. The second-order valence-electron chi connectivity index (χ2n) is 14.6. The lowest BCUT2D eigenvalue weighted by Gasteiger charge is -2.22. The minimum absolute atomic E-state index is 0.217. The van der Waals surface area contributed by atoms with E-state index in [1.54, 1.807) is 12.1 Å². The first-order valence-corrected chi connectivity index (χ1v) is 17.4. The van der Waals surface area contributed by atoms with Gasteiger partial charge >= 0.3 is 0 Å². The van der Waals surface area contributed by atoms with Gasteiger partial charge in [0.1, 0.15) is 28.7 Å². The Labute approximate surface area is 297 Å². The summed E-state index contributed by atoms with van der Waals surface area (Å²) in [5.41, 5.74) is 17.7. The molecular formula is C45H52O5. The molecule has 0 aliphatic heterocycles. The number of phenolic OH excluding ortho intramolecular Hbond substituents is 5. The number of aromatic hydroxyl groups is 5. The lowest BCUT2D eigenvalue weighted by Crippen LogP contribution is -2.07. The summed E-state index contributed by atoms with van der Waals surface area (Å²) in [6, 6.07) is 11.7. The molecule has 0 radical (unpaired) electrons. The van der Waals surface area contributed by atoms with Gasteiger partial charge in [-0.05, 0) is 177 Å². The molecule has 5 heteroatoms. The molecule has 0 amide bonds. The van der Waals surface area contributed by atoms with Crippen molar-refractivity contribution in [2.24, 2.45) is 0 Å². The van der Waals surface area contributed by atoms with Crippen LogP contribution in [0.25, 0.3) is 0 Å². The van der Waals surface area contributed by atoms with E-state index in [4.69, 9.17) is 0 Å². The molecule has 0 unspecified atom stereocenters. The molecular weight excluding hydrogens is 620 g/mol. The van der Waals surface area contributed by atoms with Crippen LogP contribution in [0.4, 0.5) is 0 Å².